The van der Waals surface area contributed by atoms with Crippen LogP contribution in [0, 0.1) is 5.92 Å². The summed E-state index contributed by atoms with van der Waals surface area (Å²) in [6, 6.07) is 5.81. The molecule has 1 unspecified atom stereocenters. The molecule has 20 heavy (non-hydrogen) atoms. The van der Waals surface area contributed by atoms with Crippen molar-refractivity contribution in [2.45, 2.75) is 18.9 Å². The second-order valence-electron chi connectivity index (χ2n) is 4.83. The van der Waals surface area contributed by atoms with Crippen LogP contribution < -0.4 is 15.0 Å². The number of rotatable bonds is 5. The van der Waals surface area contributed by atoms with Gasteiger partial charge in [-0.05, 0) is 30.9 Å². The van der Waals surface area contributed by atoms with Crippen molar-refractivity contribution >= 4 is 17.7 Å². The first kappa shape index (κ1) is 14.2. The largest absolute Gasteiger partial charge is 0.495 e. The number of urea groups is 1. The topological polar surface area (TPSA) is 78.9 Å². The normalized spacial score (nSPS) is 15.3. The Labute approximate surface area is 117 Å². The summed E-state index contributed by atoms with van der Waals surface area (Å²) in [5.74, 6) is -0.389. The van der Waals surface area contributed by atoms with Crippen LogP contribution in [0.2, 0.25) is 0 Å². The molecule has 0 saturated heterocycles. The molecule has 6 heteroatoms. The van der Waals surface area contributed by atoms with Gasteiger partial charge in [-0.15, -0.1) is 0 Å². The summed E-state index contributed by atoms with van der Waals surface area (Å²) in [5.41, 5.74) is 0.590. The predicted octanol–water partition coefficient (Wildman–Crippen LogP) is 1.70. The number of carboxylic acids is 1. The molecule has 1 aliphatic rings. The van der Waals surface area contributed by atoms with Crippen molar-refractivity contribution in [3.05, 3.63) is 24.3 Å². The number of carbonyl (C=O) groups excluding carboxylic acids is 1. The van der Waals surface area contributed by atoms with Crippen molar-refractivity contribution in [3.63, 3.8) is 0 Å². The van der Waals surface area contributed by atoms with Gasteiger partial charge in [0, 0.05) is 7.05 Å². The molecule has 1 fully saturated rings. The molecule has 0 heterocycles. The first-order valence-corrected chi connectivity index (χ1v) is 6.44. The van der Waals surface area contributed by atoms with Crippen LogP contribution in [-0.4, -0.2) is 37.3 Å². The van der Waals surface area contributed by atoms with E-state index in [1.54, 1.807) is 31.3 Å². The van der Waals surface area contributed by atoms with Crippen molar-refractivity contribution in [2.24, 2.45) is 5.92 Å². The molecule has 0 spiro atoms. The predicted molar refractivity (Wildman–Crippen MR) is 74.1 cm³/mol. The van der Waals surface area contributed by atoms with Crippen LogP contribution in [0.15, 0.2) is 24.3 Å². The Morgan fingerprint density at radius 2 is 2.05 bits per heavy atom. The SMILES string of the molecule is COc1ccccc1N(C)C(=O)NC(C(=O)O)C1CC1. The number of anilines is 1. The van der Waals surface area contributed by atoms with E-state index in [-0.39, 0.29) is 5.92 Å². The smallest absolute Gasteiger partial charge is 0.326 e. The maximum absolute atomic E-state index is 12.2. The Bertz CT molecular complexity index is 514. The molecule has 2 rings (SSSR count). The van der Waals surface area contributed by atoms with Crippen LogP contribution in [0.25, 0.3) is 0 Å². The number of hydrogen-bond acceptors (Lipinski definition) is 3. The van der Waals surface area contributed by atoms with Gasteiger partial charge in [0.1, 0.15) is 11.8 Å². The molecule has 6 nitrogen and oxygen atoms in total. The second kappa shape index (κ2) is 5.81. The van der Waals surface area contributed by atoms with E-state index in [0.717, 1.165) is 12.8 Å². The summed E-state index contributed by atoms with van der Waals surface area (Å²) < 4.78 is 5.19. The van der Waals surface area contributed by atoms with Gasteiger partial charge in [-0.3, -0.25) is 4.90 Å². The van der Waals surface area contributed by atoms with E-state index in [0.29, 0.717) is 11.4 Å². The lowest BCUT2D eigenvalue weighted by Gasteiger charge is -2.22. The summed E-state index contributed by atoms with van der Waals surface area (Å²) in [6.45, 7) is 0. The molecular formula is C14H18N2O4. The molecule has 108 valence electrons. The van der Waals surface area contributed by atoms with Crippen LogP contribution in [-0.2, 0) is 4.79 Å². The Balaban J connectivity index is 2.09. The number of carbonyl (C=O) groups is 2. The van der Waals surface area contributed by atoms with E-state index in [1.807, 2.05) is 0 Å². The van der Waals surface area contributed by atoms with Gasteiger partial charge in [0.25, 0.3) is 0 Å². The number of benzene rings is 1. The number of ether oxygens (including phenoxy) is 1. The molecule has 0 aliphatic heterocycles. The highest BCUT2D eigenvalue weighted by atomic mass is 16.5. The van der Waals surface area contributed by atoms with Gasteiger partial charge >= 0.3 is 12.0 Å². The standard InChI is InChI=1S/C14H18N2O4/c1-16(10-5-3-4-6-11(10)20-2)14(19)15-12(13(17)18)9-7-8-9/h3-6,9,12H,7-8H2,1-2H3,(H,15,19)(H,17,18). The zero-order valence-electron chi connectivity index (χ0n) is 11.5. The Hall–Kier alpha value is -2.24. The van der Waals surface area contributed by atoms with Crippen LogP contribution in [0.1, 0.15) is 12.8 Å². The van der Waals surface area contributed by atoms with E-state index < -0.39 is 18.0 Å². The molecule has 0 aromatic heterocycles. The highest BCUT2D eigenvalue weighted by Gasteiger charge is 2.38. The summed E-state index contributed by atoms with van der Waals surface area (Å²) in [5, 5.41) is 11.7. The third-order valence-corrected chi connectivity index (χ3v) is 3.39. The van der Waals surface area contributed by atoms with E-state index in [4.69, 9.17) is 9.84 Å². The van der Waals surface area contributed by atoms with Crippen molar-refractivity contribution < 1.29 is 19.4 Å². The lowest BCUT2D eigenvalue weighted by molar-refractivity contribution is -0.139. The summed E-state index contributed by atoms with van der Waals surface area (Å²) in [4.78, 5) is 24.7. The van der Waals surface area contributed by atoms with Gasteiger partial charge < -0.3 is 15.2 Å². The van der Waals surface area contributed by atoms with E-state index >= 15 is 0 Å². The number of nitrogens with zero attached hydrogens (tertiary/aromatic N) is 1. The molecule has 1 aromatic carbocycles. The summed E-state index contributed by atoms with van der Waals surface area (Å²) in [7, 11) is 3.10. The van der Waals surface area contributed by atoms with E-state index in [2.05, 4.69) is 5.32 Å². The number of hydrogen-bond donors (Lipinski definition) is 2. The van der Waals surface area contributed by atoms with Gasteiger partial charge in [0.05, 0.1) is 12.8 Å². The minimum Gasteiger partial charge on any atom is -0.495 e. The van der Waals surface area contributed by atoms with Crippen molar-refractivity contribution in [3.8, 4) is 5.75 Å². The Morgan fingerprint density at radius 3 is 2.60 bits per heavy atom. The summed E-state index contributed by atoms with van der Waals surface area (Å²) in [6.07, 6.45) is 1.69. The zero-order chi connectivity index (χ0) is 14.7. The lowest BCUT2D eigenvalue weighted by Crippen LogP contribution is -2.48. The molecular weight excluding hydrogens is 260 g/mol. The minimum absolute atomic E-state index is 0.0440. The fraction of sp³-hybridized carbons (Fsp3) is 0.429. The second-order valence-corrected chi connectivity index (χ2v) is 4.83. The van der Waals surface area contributed by atoms with E-state index in [1.165, 1.54) is 12.0 Å². The van der Waals surface area contributed by atoms with Gasteiger partial charge in [0.2, 0.25) is 0 Å². The maximum Gasteiger partial charge on any atom is 0.326 e. The van der Waals surface area contributed by atoms with Crippen molar-refractivity contribution in [1.82, 2.24) is 5.32 Å². The highest BCUT2D eigenvalue weighted by Crippen LogP contribution is 2.33. The molecule has 2 N–H and O–H groups in total. The number of para-hydroxylation sites is 2. The highest BCUT2D eigenvalue weighted by molar-refractivity contribution is 5.95. The van der Waals surface area contributed by atoms with Gasteiger partial charge in [-0.2, -0.15) is 0 Å². The van der Waals surface area contributed by atoms with Crippen molar-refractivity contribution in [2.75, 3.05) is 19.1 Å². The van der Waals surface area contributed by atoms with Crippen LogP contribution in [0.4, 0.5) is 10.5 Å². The average Bonchev–Trinajstić information content (AvgIpc) is 3.27. The number of carboxylic acid groups (broad SMARTS) is 1. The first-order valence-electron chi connectivity index (χ1n) is 6.44. The van der Waals surface area contributed by atoms with Gasteiger partial charge in [-0.1, -0.05) is 12.1 Å². The lowest BCUT2D eigenvalue weighted by atomic mass is 10.2. The quantitative estimate of drug-likeness (QED) is 0.859. The Kier molecular flexibility index (Phi) is 4.12. The van der Waals surface area contributed by atoms with Gasteiger partial charge in [-0.25, -0.2) is 9.59 Å². The number of amides is 2. The third-order valence-electron chi connectivity index (χ3n) is 3.39. The summed E-state index contributed by atoms with van der Waals surface area (Å²) >= 11 is 0. The molecule has 1 saturated carbocycles. The number of methoxy groups -OCH3 is 1. The molecule has 0 radical (unpaired) electrons. The Morgan fingerprint density at radius 1 is 1.40 bits per heavy atom. The zero-order valence-corrected chi connectivity index (χ0v) is 11.5. The fourth-order valence-electron chi connectivity index (χ4n) is 2.06. The number of aliphatic carboxylic acids is 1. The molecule has 0 bridgehead atoms. The average molecular weight is 278 g/mol. The maximum atomic E-state index is 12.2. The van der Waals surface area contributed by atoms with E-state index in [9.17, 15) is 9.59 Å². The number of nitrogens with one attached hydrogen (secondary N) is 1. The minimum atomic E-state index is -0.991. The molecule has 1 aliphatic carbocycles. The molecule has 1 aromatic rings. The van der Waals surface area contributed by atoms with Crippen LogP contribution in [0.3, 0.4) is 0 Å². The third kappa shape index (κ3) is 3.01. The van der Waals surface area contributed by atoms with Crippen LogP contribution >= 0.6 is 0 Å². The van der Waals surface area contributed by atoms with Gasteiger partial charge in [0.15, 0.2) is 0 Å². The molecule has 1 atom stereocenters. The monoisotopic (exact) mass is 278 g/mol. The first-order chi connectivity index (χ1) is 9.54. The molecule has 2 amide bonds. The fourth-order valence-corrected chi connectivity index (χ4v) is 2.06. The van der Waals surface area contributed by atoms with Crippen molar-refractivity contribution in [1.29, 1.82) is 0 Å². The van der Waals surface area contributed by atoms with Crippen LogP contribution in [0.5, 0.6) is 5.75 Å².